The van der Waals surface area contributed by atoms with Crippen molar-refractivity contribution >= 4 is 46.5 Å². The third kappa shape index (κ3) is 15.4. The van der Waals surface area contributed by atoms with Crippen LogP contribution in [0.4, 0.5) is 11.4 Å². The molecule has 10 rings (SSSR count). The fourth-order valence-electron chi connectivity index (χ4n) is 9.23. The van der Waals surface area contributed by atoms with E-state index in [-0.39, 0.29) is 18.4 Å². The van der Waals surface area contributed by atoms with Gasteiger partial charge in [-0.05, 0) is 41.3 Å². The fraction of sp³-hybridized carbons (Fsp3) is 0.267. The first-order chi connectivity index (χ1) is 38.7. The van der Waals surface area contributed by atoms with Gasteiger partial charge in [0, 0.05) is 75.6 Å². The third-order valence-electron chi connectivity index (χ3n) is 13.4. The third-order valence-corrected chi connectivity index (χ3v) is 14.0. The second kappa shape index (κ2) is 28.0. The maximum absolute atomic E-state index is 11.9. The molecule has 5 N–H and O–H groups in total. The van der Waals surface area contributed by atoms with Crippen molar-refractivity contribution in [3.63, 3.8) is 0 Å². The molecule has 0 radical (unpaired) electrons. The molecule has 2 aliphatic heterocycles. The van der Waals surface area contributed by atoms with Crippen molar-refractivity contribution in [1.82, 2.24) is 35.6 Å². The molecule has 2 fully saturated rings. The van der Waals surface area contributed by atoms with Crippen LogP contribution >= 0.6 is 23.2 Å². The van der Waals surface area contributed by atoms with Gasteiger partial charge in [-0.25, -0.2) is 5.84 Å². The lowest BCUT2D eigenvalue weighted by Gasteiger charge is -2.35. The van der Waals surface area contributed by atoms with Crippen LogP contribution < -0.4 is 40.0 Å². The number of nitrogens with two attached hydrogens (primary N) is 1. The van der Waals surface area contributed by atoms with Crippen molar-refractivity contribution in [3.8, 4) is 45.5 Å². The van der Waals surface area contributed by atoms with E-state index < -0.39 is 0 Å². The minimum absolute atomic E-state index is 0.190. The van der Waals surface area contributed by atoms with Gasteiger partial charge < -0.3 is 33.5 Å². The van der Waals surface area contributed by atoms with E-state index in [1.807, 2.05) is 165 Å². The lowest BCUT2D eigenvalue weighted by Crippen LogP contribution is -2.50. The Bertz CT molecular complexity index is 3190. The van der Waals surface area contributed by atoms with E-state index in [1.54, 1.807) is 0 Å². The van der Waals surface area contributed by atoms with E-state index in [4.69, 9.17) is 52.7 Å². The van der Waals surface area contributed by atoms with Crippen molar-refractivity contribution in [2.24, 2.45) is 5.84 Å². The standard InChI is InChI=1S/C31H33ClN4O4.C29H31ClN6O3/c1-2-38-30(37)20-35-13-15-36(16-14-35)27-19-33-34-31(27)25-17-26(32)29(40-22-24-11-7-4-8-12-24)18-28(25)39-21-23-9-5-3-6-10-23;30-24-15-23(29-25(17-32-34-29)36-13-11-35(12-14-36)18-28(37)33-31)26(38-19-21-7-3-1-4-8-21)16-27(24)39-20-22-9-5-2-6-10-22/h3-12,17-19H,2,13-16,20-22H2,1H3,(H,33,34);1-10,15-17H,11-14,18-20,31H2,(H,32,34)(H,33,37). The smallest absolute Gasteiger partial charge is 0.320 e. The highest BCUT2D eigenvalue weighted by Crippen LogP contribution is 2.44. The molecule has 4 heterocycles. The number of aromatic nitrogens is 4. The van der Waals surface area contributed by atoms with Crippen LogP contribution in [0.5, 0.6) is 23.0 Å². The number of hydrazine groups is 1. The van der Waals surface area contributed by atoms with E-state index in [2.05, 4.69) is 45.4 Å². The molecule has 0 saturated carbocycles. The molecule has 0 unspecified atom stereocenters. The van der Waals surface area contributed by atoms with Crippen LogP contribution in [0.3, 0.4) is 0 Å². The number of anilines is 2. The number of halogens is 2. The number of carbonyl (C=O) groups excluding carboxylic acids is 2. The zero-order valence-electron chi connectivity index (χ0n) is 44.0. The van der Waals surface area contributed by atoms with Crippen LogP contribution in [0, 0.1) is 0 Å². The number of piperazine rings is 2. The predicted octanol–water partition coefficient (Wildman–Crippen LogP) is 9.57. The Kier molecular flexibility index (Phi) is 19.7. The lowest BCUT2D eigenvalue weighted by atomic mass is 10.1. The summed E-state index contributed by atoms with van der Waals surface area (Å²) >= 11 is 13.5. The SMILES string of the molecule is CCOC(=O)CN1CCN(c2cn[nH]c2-c2cc(Cl)c(OCc3ccccc3)cc2OCc2ccccc2)CC1.NNC(=O)CN1CCN(c2cn[nH]c2-c2cc(Cl)c(OCc3ccccc3)cc2OCc2ccccc2)CC1. The van der Waals surface area contributed by atoms with Gasteiger partial charge in [0.1, 0.15) is 49.4 Å². The second-order valence-electron chi connectivity index (χ2n) is 18.8. The number of hydrogen-bond donors (Lipinski definition) is 4. The summed E-state index contributed by atoms with van der Waals surface area (Å²) < 4.78 is 30.0. The van der Waals surface area contributed by atoms with E-state index in [0.717, 1.165) is 109 Å². The van der Waals surface area contributed by atoms with E-state index in [9.17, 15) is 9.59 Å². The molecule has 79 heavy (non-hydrogen) atoms. The molecule has 2 aliphatic rings. The quantitative estimate of drug-likeness (QED) is 0.0230. The zero-order valence-corrected chi connectivity index (χ0v) is 45.5. The van der Waals surface area contributed by atoms with Crippen LogP contribution in [-0.2, 0) is 40.8 Å². The first kappa shape index (κ1) is 55.7. The van der Waals surface area contributed by atoms with Crippen molar-refractivity contribution in [2.75, 3.05) is 81.9 Å². The van der Waals surface area contributed by atoms with Gasteiger partial charge in [0.05, 0.1) is 64.9 Å². The number of nitrogens with zero attached hydrogens (tertiary/aromatic N) is 6. The van der Waals surface area contributed by atoms with Crippen molar-refractivity contribution in [2.45, 2.75) is 33.4 Å². The maximum atomic E-state index is 11.9. The van der Waals surface area contributed by atoms with Gasteiger partial charge in [0.15, 0.2) is 0 Å². The molecule has 8 aromatic rings. The lowest BCUT2D eigenvalue weighted by molar-refractivity contribution is -0.144. The zero-order chi connectivity index (χ0) is 54.8. The molecule has 2 saturated heterocycles. The first-order valence-corrected chi connectivity index (χ1v) is 27.0. The summed E-state index contributed by atoms with van der Waals surface area (Å²) in [7, 11) is 0. The number of H-pyrrole nitrogens is 2. The molecule has 17 nitrogen and oxygen atoms in total. The highest BCUT2D eigenvalue weighted by Gasteiger charge is 2.27. The summed E-state index contributed by atoms with van der Waals surface area (Å²) in [5.41, 5.74) is 11.5. The number of benzene rings is 6. The minimum Gasteiger partial charge on any atom is -0.488 e. The highest BCUT2D eigenvalue weighted by atomic mass is 35.5. The monoisotopic (exact) mass is 1110 g/mol. The number of amides is 1. The van der Waals surface area contributed by atoms with Crippen molar-refractivity contribution < 1.29 is 33.3 Å². The molecule has 0 spiro atoms. The predicted molar refractivity (Wildman–Crippen MR) is 307 cm³/mol. The summed E-state index contributed by atoms with van der Waals surface area (Å²) in [6.45, 7) is 10.3. The minimum atomic E-state index is -0.197. The van der Waals surface area contributed by atoms with Gasteiger partial charge in [-0.2, -0.15) is 10.2 Å². The number of esters is 1. The highest BCUT2D eigenvalue weighted by molar-refractivity contribution is 6.33. The molecule has 0 aliphatic carbocycles. The summed E-state index contributed by atoms with van der Waals surface area (Å²) in [5, 5.41) is 16.0. The molecule has 1 amide bonds. The largest absolute Gasteiger partial charge is 0.488 e. The van der Waals surface area contributed by atoms with E-state index in [0.29, 0.717) is 72.6 Å². The Morgan fingerprint density at radius 1 is 0.519 bits per heavy atom. The van der Waals surface area contributed by atoms with Crippen molar-refractivity contribution in [1.29, 1.82) is 0 Å². The van der Waals surface area contributed by atoms with Crippen LogP contribution in [0.2, 0.25) is 10.0 Å². The molecule has 6 aromatic carbocycles. The Morgan fingerprint density at radius 2 is 0.873 bits per heavy atom. The first-order valence-electron chi connectivity index (χ1n) is 26.2. The summed E-state index contributed by atoms with van der Waals surface area (Å²) in [6.07, 6.45) is 3.64. The van der Waals surface area contributed by atoms with Gasteiger partial charge >= 0.3 is 5.97 Å². The van der Waals surface area contributed by atoms with Gasteiger partial charge in [-0.3, -0.25) is 35.0 Å². The van der Waals surface area contributed by atoms with Gasteiger partial charge in [0.2, 0.25) is 5.91 Å². The summed E-state index contributed by atoms with van der Waals surface area (Å²) in [4.78, 5) is 32.3. The molecular formula is C60H64Cl2N10O7. The summed E-state index contributed by atoms with van der Waals surface area (Å²) in [6, 6.07) is 47.3. The average molecular weight is 1110 g/mol. The van der Waals surface area contributed by atoms with Crippen LogP contribution in [0.1, 0.15) is 29.2 Å². The molecule has 0 atom stereocenters. The Labute approximate surface area is 470 Å². The van der Waals surface area contributed by atoms with Gasteiger partial charge in [0.25, 0.3) is 0 Å². The maximum Gasteiger partial charge on any atom is 0.320 e. The normalized spacial score (nSPS) is 13.7. The number of rotatable bonds is 21. The van der Waals surface area contributed by atoms with Crippen LogP contribution in [-0.4, -0.2) is 114 Å². The molecule has 410 valence electrons. The Morgan fingerprint density at radius 3 is 1.23 bits per heavy atom. The molecule has 2 aromatic heterocycles. The number of carbonyl (C=O) groups is 2. The summed E-state index contributed by atoms with van der Waals surface area (Å²) in [5.74, 6) is 7.22. The van der Waals surface area contributed by atoms with Crippen molar-refractivity contribution in [3.05, 3.63) is 190 Å². The van der Waals surface area contributed by atoms with E-state index in [1.165, 1.54) is 0 Å². The van der Waals surface area contributed by atoms with E-state index >= 15 is 0 Å². The number of hydrogen-bond acceptors (Lipinski definition) is 14. The molecule has 0 bridgehead atoms. The molecule has 19 heteroatoms. The molecular weight excluding hydrogens is 1040 g/mol. The van der Waals surface area contributed by atoms with Crippen LogP contribution in [0.15, 0.2) is 158 Å². The number of nitrogens with one attached hydrogen (secondary N) is 3. The Hall–Kier alpha value is -8.06. The second-order valence-corrected chi connectivity index (χ2v) is 19.6. The van der Waals surface area contributed by atoms with Gasteiger partial charge in [-0.1, -0.05) is 145 Å². The fourth-order valence-corrected chi connectivity index (χ4v) is 9.67. The van der Waals surface area contributed by atoms with Crippen LogP contribution in [0.25, 0.3) is 22.5 Å². The average Bonchev–Trinajstić information content (AvgIpc) is 4.24. The number of aromatic amines is 2. The Balaban J connectivity index is 0.000000192. The topological polar surface area (TPSA) is 189 Å². The van der Waals surface area contributed by atoms with Gasteiger partial charge in [-0.15, -0.1) is 0 Å². The number of ether oxygens (including phenoxy) is 5.